The van der Waals surface area contributed by atoms with Gasteiger partial charge in [0, 0.05) is 16.5 Å². The summed E-state index contributed by atoms with van der Waals surface area (Å²) in [5.74, 6) is 1.54. The first-order chi connectivity index (χ1) is 15.7. The SMILES string of the molecule is CCOc1cc(C(=O)Nc2nnc(-c3ccsc3)s2)ccc1OCCOc1ccccc1. The standard InChI is InChI=1S/C23H21N3O4S2/c1-2-28-20-14-16(8-9-19(20)30-12-11-29-18-6-4-3-5-7-18)21(27)24-23-26-25-22(32-23)17-10-13-31-15-17/h3-10,13-15H,2,11-12H2,1H3,(H,24,26,27). The molecule has 0 fully saturated rings. The first-order valence-corrected chi connectivity index (χ1v) is 11.7. The van der Waals surface area contributed by atoms with Crippen LogP contribution in [0.15, 0.2) is 65.4 Å². The quantitative estimate of drug-likeness (QED) is 0.316. The minimum absolute atomic E-state index is 0.294. The van der Waals surface area contributed by atoms with Crippen LogP contribution in [0.5, 0.6) is 17.2 Å². The molecule has 0 aliphatic heterocycles. The maximum atomic E-state index is 12.7. The zero-order chi connectivity index (χ0) is 22.2. The van der Waals surface area contributed by atoms with Gasteiger partial charge in [-0.2, -0.15) is 11.3 Å². The first kappa shape index (κ1) is 21.8. The van der Waals surface area contributed by atoms with E-state index in [4.69, 9.17) is 14.2 Å². The lowest BCUT2D eigenvalue weighted by Crippen LogP contribution is -2.13. The molecule has 1 N–H and O–H groups in total. The Labute approximate surface area is 193 Å². The Kier molecular flexibility index (Phi) is 7.31. The summed E-state index contributed by atoms with van der Waals surface area (Å²) >= 11 is 2.91. The van der Waals surface area contributed by atoms with Gasteiger partial charge in [0.25, 0.3) is 5.91 Å². The minimum atomic E-state index is -0.294. The zero-order valence-electron chi connectivity index (χ0n) is 17.3. The van der Waals surface area contributed by atoms with Crippen LogP contribution in [0.3, 0.4) is 0 Å². The lowest BCUT2D eigenvalue weighted by Gasteiger charge is -2.13. The summed E-state index contributed by atoms with van der Waals surface area (Å²) in [5.41, 5.74) is 1.43. The van der Waals surface area contributed by atoms with Gasteiger partial charge in [-0.15, -0.1) is 10.2 Å². The summed E-state index contributed by atoms with van der Waals surface area (Å²) in [4.78, 5) is 12.7. The number of rotatable bonds is 10. The van der Waals surface area contributed by atoms with Gasteiger partial charge in [0.05, 0.1) is 6.61 Å². The Morgan fingerprint density at radius 3 is 2.59 bits per heavy atom. The molecular formula is C23H21N3O4S2. The van der Waals surface area contributed by atoms with Crippen molar-refractivity contribution in [3.05, 3.63) is 70.9 Å². The van der Waals surface area contributed by atoms with E-state index >= 15 is 0 Å². The molecule has 4 rings (SSSR count). The Balaban J connectivity index is 1.37. The van der Waals surface area contributed by atoms with E-state index < -0.39 is 0 Å². The van der Waals surface area contributed by atoms with Crippen LogP contribution in [0.2, 0.25) is 0 Å². The van der Waals surface area contributed by atoms with E-state index in [0.29, 0.717) is 42.0 Å². The van der Waals surface area contributed by atoms with E-state index in [1.165, 1.54) is 11.3 Å². The molecule has 0 saturated heterocycles. The van der Waals surface area contributed by atoms with Crippen molar-refractivity contribution in [3.63, 3.8) is 0 Å². The Morgan fingerprint density at radius 2 is 1.81 bits per heavy atom. The van der Waals surface area contributed by atoms with Crippen molar-refractivity contribution < 1.29 is 19.0 Å². The van der Waals surface area contributed by atoms with Gasteiger partial charge in [0.15, 0.2) is 11.5 Å². The van der Waals surface area contributed by atoms with Gasteiger partial charge in [0.2, 0.25) is 5.13 Å². The molecule has 32 heavy (non-hydrogen) atoms. The summed E-state index contributed by atoms with van der Waals surface area (Å²) in [6, 6.07) is 16.6. The van der Waals surface area contributed by atoms with Crippen molar-refractivity contribution in [1.29, 1.82) is 0 Å². The maximum Gasteiger partial charge on any atom is 0.257 e. The highest BCUT2D eigenvalue weighted by Gasteiger charge is 2.15. The predicted octanol–water partition coefficient (Wildman–Crippen LogP) is 5.38. The molecule has 164 valence electrons. The maximum absolute atomic E-state index is 12.7. The van der Waals surface area contributed by atoms with E-state index in [2.05, 4.69) is 15.5 Å². The van der Waals surface area contributed by atoms with Gasteiger partial charge in [-0.05, 0) is 48.7 Å². The molecule has 0 radical (unpaired) electrons. The Hall–Kier alpha value is -3.43. The molecule has 2 aromatic heterocycles. The Morgan fingerprint density at radius 1 is 0.969 bits per heavy atom. The normalized spacial score (nSPS) is 10.5. The summed E-state index contributed by atoms with van der Waals surface area (Å²) in [7, 11) is 0. The number of aromatic nitrogens is 2. The van der Waals surface area contributed by atoms with Crippen molar-refractivity contribution >= 4 is 33.7 Å². The van der Waals surface area contributed by atoms with Crippen molar-refractivity contribution in [2.75, 3.05) is 25.1 Å². The second-order valence-electron chi connectivity index (χ2n) is 6.48. The summed E-state index contributed by atoms with van der Waals surface area (Å²) < 4.78 is 17.1. The number of benzene rings is 2. The number of nitrogens with one attached hydrogen (secondary N) is 1. The highest BCUT2D eigenvalue weighted by atomic mass is 32.1. The average molecular weight is 468 g/mol. The summed E-state index contributed by atoms with van der Waals surface area (Å²) in [6.07, 6.45) is 0. The number of carbonyl (C=O) groups is 1. The van der Waals surface area contributed by atoms with Crippen LogP contribution < -0.4 is 19.5 Å². The van der Waals surface area contributed by atoms with E-state index in [9.17, 15) is 4.79 Å². The van der Waals surface area contributed by atoms with Crippen LogP contribution in [-0.4, -0.2) is 35.9 Å². The fraction of sp³-hybridized carbons (Fsp3) is 0.174. The lowest BCUT2D eigenvalue weighted by molar-refractivity contribution is 0.102. The van der Waals surface area contributed by atoms with Crippen LogP contribution in [0.25, 0.3) is 10.6 Å². The van der Waals surface area contributed by atoms with Crippen molar-refractivity contribution in [2.24, 2.45) is 0 Å². The molecule has 4 aromatic rings. The number of nitrogens with zero attached hydrogens (tertiary/aromatic N) is 2. The first-order valence-electron chi connectivity index (χ1n) is 9.98. The number of para-hydroxylation sites is 1. The third-order valence-electron chi connectivity index (χ3n) is 4.27. The number of ether oxygens (including phenoxy) is 3. The van der Waals surface area contributed by atoms with Crippen LogP contribution in [0.4, 0.5) is 5.13 Å². The predicted molar refractivity (Wildman–Crippen MR) is 126 cm³/mol. The van der Waals surface area contributed by atoms with Gasteiger partial charge in [0.1, 0.15) is 24.0 Å². The fourth-order valence-corrected chi connectivity index (χ4v) is 4.26. The third kappa shape index (κ3) is 5.63. The number of carbonyl (C=O) groups excluding carboxylic acids is 1. The second-order valence-corrected chi connectivity index (χ2v) is 8.24. The largest absolute Gasteiger partial charge is 0.490 e. The zero-order valence-corrected chi connectivity index (χ0v) is 18.9. The molecule has 9 heteroatoms. The summed E-state index contributed by atoms with van der Waals surface area (Å²) in [5, 5.41) is 16.2. The van der Waals surface area contributed by atoms with E-state index in [0.717, 1.165) is 16.3 Å². The molecule has 2 heterocycles. The van der Waals surface area contributed by atoms with Crippen molar-refractivity contribution in [1.82, 2.24) is 10.2 Å². The Bertz CT molecular complexity index is 1150. The van der Waals surface area contributed by atoms with Crippen LogP contribution >= 0.6 is 22.7 Å². The number of amides is 1. The smallest absolute Gasteiger partial charge is 0.257 e. The van der Waals surface area contributed by atoms with Gasteiger partial charge in [-0.3, -0.25) is 10.1 Å². The molecular weight excluding hydrogens is 446 g/mol. The van der Waals surface area contributed by atoms with Crippen LogP contribution in [-0.2, 0) is 0 Å². The minimum Gasteiger partial charge on any atom is -0.490 e. The van der Waals surface area contributed by atoms with E-state index in [1.807, 2.05) is 54.1 Å². The molecule has 0 saturated carbocycles. The molecule has 0 atom stereocenters. The number of thiophene rings is 1. The monoisotopic (exact) mass is 467 g/mol. The molecule has 0 bridgehead atoms. The average Bonchev–Trinajstić information content (AvgIpc) is 3.50. The molecule has 7 nitrogen and oxygen atoms in total. The lowest BCUT2D eigenvalue weighted by atomic mass is 10.2. The fourth-order valence-electron chi connectivity index (χ4n) is 2.81. The third-order valence-corrected chi connectivity index (χ3v) is 5.84. The molecule has 1 amide bonds. The molecule has 0 unspecified atom stereocenters. The van der Waals surface area contributed by atoms with Gasteiger partial charge >= 0.3 is 0 Å². The van der Waals surface area contributed by atoms with Gasteiger partial charge in [-0.1, -0.05) is 29.5 Å². The summed E-state index contributed by atoms with van der Waals surface area (Å²) in [6.45, 7) is 3.06. The van der Waals surface area contributed by atoms with E-state index in [1.54, 1.807) is 29.5 Å². The van der Waals surface area contributed by atoms with E-state index in [-0.39, 0.29) is 5.91 Å². The number of hydrogen-bond acceptors (Lipinski definition) is 8. The van der Waals surface area contributed by atoms with Gasteiger partial charge in [-0.25, -0.2) is 0 Å². The van der Waals surface area contributed by atoms with Crippen LogP contribution in [0.1, 0.15) is 17.3 Å². The van der Waals surface area contributed by atoms with Crippen molar-refractivity contribution in [3.8, 4) is 27.8 Å². The molecule has 2 aromatic carbocycles. The highest BCUT2D eigenvalue weighted by Crippen LogP contribution is 2.30. The second kappa shape index (κ2) is 10.7. The van der Waals surface area contributed by atoms with Crippen molar-refractivity contribution in [2.45, 2.75) is 6.92 Å². The topological polar surface area (TPSA) is 82.6 Å². The number of anilines is 1. The highest BCUT2D eigenvalue weighted by molar-refractivity contribution is 7.19. The van der Waals surface area contributed by atoms with Crippen LogP contribution in [0, 0.1) is 0 Å². The molecule has 0 aliphatic carbocycles. The molecule has 0 aliphatic rings. The van der Waals surface area contributed by atoms with Gasteiger partial charge < -0.3 is 14.2 Å². The molecule has 0 spiro atoms. The number of hydrogen-bond donors (Lipinski definition) is 1.